The summed E-state index contributed by atoms with van der Waals surface area (Å²) in [6.07, 6.45) is 0.863. The summed E-state index contributed by atoms with van der Waals surface area (Å²) < 4.78 is 12.7. The second kappa shape index (κ2) is 5.31. The van der Waals surface area contributed by atoms with Crippen molar-refractivity contribution in [2.24, 2.45) is 0 Å². The van der Waals surface area contributed by atoms with E-state index in [1.54, 1.807) is 0 Å². The van der Waals surface area contributed by atoms with Crippen LogP contribution in [0, 0.1) is 15.9 Å². The first-order chi connectivity index (χ1) is 9.47. The molecule has 0 bridgehead atoms. The van der Waals surface area contributed by atoms with Gasteiger partial charge in [0.25, 0.3) is 11.6 Å². The molecule has 1 aromatic heterocycles. The molecule has 102 valence electrons. The van der Waals surface area contributed by atoms with Gasteiger partial charge in [-0.2, -0.15) is 0 Å². The largest absolute Gasteiger partial charge is 0.506 e. The van der Waals surface area contributed by atoms with E-state index in [0.717, 1.165) is 36.5 Å². The lowest BCUT2D eigenvalue weighted by Gasteiger charge is -2.06. The molecule has 20 heavy (non-hydrogen) atoms. The second-order valence-corrected chi connectivity index (χ2v) is 3.77. The van der Waals surface area contributed by atoms with Crippen LogP contribution < -0.4 is 5.32 Å². The molecule has 2 rings (SSSR count). The highest BCUT2D eigenvalue weighted by atomic mass is 19.1. The molecule has 1 aromatic carbocycles. The van der Waals surface area contributed by atoms with E-state index in [1.165, 1.54) is 0 Å². The van der Waals surface area contributed by atoms with E-state index in [-0.39, 0.29) is 22.8 Å². The van der Waals surface area contributed by atoms with Gasteiger partial charge in [-0.1, -0.05) is 0 Å². The third-order valence-corrected chi connectivity index (χ3v) is 2.40. The SMILES string of the molecule is O=C(Nc1cc([N+](=O)[O-])ccc1O)c1ccc(F)cn1. The van der Waals surface area contributed by atoms with Crippen molar-refractivity contribution in [2.75, 3.05) is 5.32 Å². The summed E-state index contributed by atoms with van der Waals surface area (Å²) in [6, 6.07) is 5.40. The van der Waals surface area contributed by atoms with Crippen molar-refractivity contribution >= 4 is 17.3 Å². The van der Waals surface area contributed by atoms with Crippen molar-refractivity contribution in [1.82, 2.24) is 4.98 Å². The number of aromatic nitrogens is 1. The standard InChI is InChI=1S/C12H8FN3O4/c13-7-1-3-9(14-6-7)12(18)15-10-5-8(16(19)20)2-4-11(10)17/h1-6,17H,(H,15,18). The Morgan fingerprint density at radius 2 is 2.10 bits per heavy atom. The number of hydrogen-bond donors (Lipinski definition) is 2. The number of phenolic OH excluding ortho intramolecular Hbond substituents is 1. The van der Waals surface area contributed by atoms with Gasteiger partial charge in [0.05, 0.1) is 16.8 Å². The predicted molar refractivity (Wildman–Crippen MR) is 66.9 cm³/mol. The van der Waals surface area contributed by atoms with E-state index < -0.39 is 16.6 Å². The summed E-state index contributed by atoms with van der Waals surface area (Å²) in [6.45, 7) is 0. The third kappa shape index (κ3) is 2.86. The molecule has 8 heteroatoms. The number of aromatic hydroxyl groups is 1. The molecule has 0 saturated carbocycles. The number of anilines is 1. The smallest absolute Gasteiger partial charge is 0.274 e. The Hall–Kier alpha value is -3.03. The number of rotatable bonds is 3. The maximum Gasteiger partial charge on any atom is 0.274 e. The molecule has 1 heterocycles. The molecule has 7 nitrogen and oxygen atoms in total. The molecule has 0 fully saturated rings. The van der Waals surface area contributed by atoms with Crippen LogP contribution in [-0.2, 0) is 0 Å². The number of nitrogens with one attached hydrogen (secondary N) is 1. The molecule has 0 saturated heterocycles. The summed E-state index contributed by atoms with van der Waals surface area (Å²) in [5.74, 6) is -1.65. The molecule has 2 aromatic rings. The maximum absolute atomic E-state index is 12.7. The van der Waals surface area contributed by atoms with Crippen LogP contribution in [-0.4, -0.2) is 20.9 Å². The van der Waals surface area contributed by atoms with Crippen LogP contribution in [0.2, 0.25) is 0 Å². The number of carbonyl (C=O) groups excluding carboxylic acids is 1. The molecule has 1 amide bonds. The maximum atomic E-state index is 12.7. The van der Waals surface area contributed by atoms with Crippen molar-refractivity contribution in [3.05, 3.63) is 58.2 Å². The van der Waals surface area contributed by atoms with Crippen molar-refractivity contribution in [3.8, 4) is 5.75 Å². The highest BCUT2D eigenvalue weighted by Crippen LogP contribution is 2.28. The van der Waals surface area contributed by atoms with Crippen LogP contribution in [0.3, 0.4) is 0 Å². The highest BCUT2D eigenvalue weighted by Gasteiger charge is 2.14. The molecule has 0 unspecified atom stereocenters. The Morgan fingerprint density at radius 1 is 1.35 bits per heavy atom. The first-order valence-corrected chi connectivity index (χ1v) is 5.37. The normalized spacial score (nSPS) is 10.1. The average molecular weight is 277 g/mol. The lowest BCUT2D eigenvalue weighted by atomic mass is 10.2. The molecule has 0 aliphatic heterocycles. The summed E-state index contributed by atoms with van der Waals surface area (Å²) in [7, 11) is 0. The number of nitro benzene ring substituents is 1. The molecule has 2 N–H and O–H groups in total. The highest BCUT2D eigenvalue weighted by molar-refractivity contribution is 6.03. The Bertz CT molecular complexity index is 673. The van der Waals surface area contributed by atoms with E-state index >= 15 is 0 Å². The zero-order chi connectivity index (χ0) is 14.7. The molecule has 0 aliphatic rings. The average Bonchev–Trinajstić information content (AvgIpc) is 2.41. The fourth-order valence-electron chi connectivity index (χ4n) is 1.43. The minimum absolute atomic E-state index is 0.0858. The van der Waals surface area contributed by atoms with Gasteiger partial charge in [0.1, 0.15) is 17.3 Å². The minimum Gasteiger partial charge on any atom is -0.506 e. The van der Waals surface area contributed by atoms with Gasteiger partial charge in [0.2, 0.25) is 0 Å². The van der Waals surface area contributed by atoms with Gasteiger partial charge in [-0.25, -0.2) is 9.37 Å². The van der Waals surface area contributed by atoms with E-state index in [4.69, 9.17) is 0 Å². The van der Waals surface area contributed by atoms with Crippen LogP contribution >= 0.6 is 0 Å². The van der Waals surface area contributed by atoms with Crippen LogP contribution in [0.25, 0.3) is 0 Å². The summed E-state index contributed by atoms with van der Waals surface area (Å²) in [4.78, 5) is 25.3. The predicted octanol–water partition coefficient (Wildman–Crippen LogP) is 2.09. The van der Waals surface area contributed by atoms with Gasteiger partial charge in [0.15, 0.2) is 0 Å². The van der Waals surface area contributed by atoms with Crippen LogP contribution in [0.5, 0.6) is 5.75 Å². The van der Waals surface area contributed by atoms with Crippen molar-refractivity contribution in [3.63, 3.8) is 0 Å². The third-order valence-electron chi connectivity index (χ3n) is 2.40. The fraction of sp³-hybridized carbons (Fsp3) is 0. The second-order valence-electron chi connectivity index (χ2n) is 3.77. The number of amides is 1. The number of benzene rings is 1. The van der Waals surface area contributed by atoms with Crippen LogP contribution in [0.1, 0.15) is 10.5 Å². The topological polar surface area (TPSA) is 105 Å². The van der Waals surface area contributed by atoms with Crippen LogP contribution in [0.4, 0.5) is 15.8 Å². The number of carbonyl (C=O) groups is 1. The fourth-order valence-corrected chi connectivity index (χ4v) is 1.43. The Kier molecular flexibility index (Phi) is 3.56. The van der Waals surface area contributed by atoms with Crippen molar-refractivity contribution in [2.45, 2.75) is 0 Å². The zero-order valence-electron chi connectivity index (χ0n) is 9.91. The molecule has 0 spiro atoms. The Labute approximate surface area is 111 Å². The molecule has 0 atom stereocenters. The number of non-ortho nitro benzene ring substituents is 1. The van der Waals surface area contributed by atoms with Gasteiger partial charge in [-0.15, -0.1) is 0 Å². The number of nitro groups is 1. The number of halogens is 1. The zero-order valence-corrected chi connectivity index (χ0v) is 9.91. The van der Waals surface area contributed by atoms with Gasteiger partial charge in [0, 0.05) is 12.1 Å². The van der Waals surface area contributed by atoms with Crippen molar-refractivity contribution < 1.29 is 19.2 Å². The lowest BCUT2D eigenvalue weighted by Crippen LogP contribution is -2.13. The minimum atomic E-state index is -0.721. The van der Waals surface area contributed by atoms with Crippen molar-refractivity contribution in [1.29, 1.82) is 0 Å². The number of pyridine rings is 1. The lowest BCUT2D eigenvalue weighted by molar-refractivity contribution is -0.384. The van der Waals surface area contributed by atoms with E-state index in [2.05, 4.69) is 10.3 Å². The summed E-state index contributed by atoms with van der Waals surface area (Å²) in [5.41, 5.74) is -0.502. The number of hydrogen-bond acceptors (Lipinski definition) is 5. The molecule has 0 aliphatic carbocycles. The first-order valence-electron chi connectivity index (χ1n) is 5.37. The van der Waals surface area contributed by atoms with Crippen LogP contribution in [0.15, 0.2) is 36.5 Å². The van der Waals surface area contributed by atoms with Gasteiger partial charge < -0.3 is 10.4 Å². The number of nitrogens with zero attached hydrogens (tertiary/aromatic N) is 2. The van der Waals surface area contributed by atoms with Gasteiger partial charge in [-0.05, 0) is 18.2 Å². The summed E-state index contributed by atoms with van der Waals surface area (Å²) >= 11 is 0. The molecule has 0 radical (unpaired) electrons. The molecular formula is C12H8FN3O4. The molecular weight excluding hydrogens is 269 g/mol. The summed E-state index contributed by atoms with van der Waals surface area (Å²) in [5, 5.41) is 22.4. The number of phenols is 1. The first kappa shape index (κ1) is 13.4. The van der Waals surface area contributed by atoms with E-state index in [1.807, 2.05) is 0 Å². The quantitative estimate of drug-likeness (QED) is 0.507. The van der Waals surface area contributed by atoms with E-state index in [9.17, 15) is 24.4 Å². The van der Waals surface area contributed by atoms with Gasteiger partial charge in [-0.3, -0.25) is 14.9 Å². The monoisotopic (exact) mass is 277 g/mol. The Morgan fingerprint density at radius 3 is 2.70 bits per heavy atom. The Balaban J connectivity index is 2.25. The van der Waals surface area contributed by atoms with E-state index in [0.29, 0.717) is 0 Å². The van der Waals surface area contributed by atoms with Gasteiger partial charge >= 0.3 is 0 Å².